The van der Waals surface area contributed by atoms with E-state index >= 15 is 0 Å². The molecule has 1 aliphatic rings. The van der Waals surface area contributed by atoms with Crippen molar-refractivity contribution in [3.63, 3.8) is 0 Å². The molecule has 11 heteroatoms. The number of anilines is 1. The average Bonchev–Trinajstić information content (AvgIpc) is 2.74. The van der Waals surface area contributed by atoms with Crippen LogP contribution in [0, 0.1) is 0 Å². The van der Waals surface area contributed by atoms with Crippen molar-refractivity contribution in [3.05, 3.63) is 54.1 Å². The van der Waals surface area contributed by atoms with Crippen LogP contribution >= 0.6 is 0 Å². The molecular weight excluding hydrogens is 446 g/mol. The Kier molecular flexibility index (Phi) is 7.96. The lowest BCUT2D eigenvalue weighted by Gasteiger charge is -2.42. The summed E-state index contributed by atoms with van der Waals surface area (Å²) in [4.78, 5) is 27.3. The van der Waals surface area contributed by atoms with Crippen LogP contribution in [0.4, 0.5) is 23.2 Å². The topological polar surface area (TPSA) is 85.1 Å². The van der Waals surface area contributed by atoms with E-state index in [9.17, 15) is 27.2 Å². The predicted molar refractivity (Wildman–Crippen MR) is 111 cm³/mol. The van der Waals surface area contributed by atoms with Crippen molar-refractivity contribution in [1.29, 1.82) is 0 Å². The van der Waals surface area contributed by atoms with Crippen molar-refractivity contribution < 1.29 is 36.6 Å². The zero-order chi connectivity index (χ0) is 24.0. The van der Waals surface area contributed by atoms with E-state index in [0.717, 1.165) is 11.6 Å². The van der Waals surface area contributed by atoms with Crippen LogP contribution in [0.25, 0.3) is 0 Å². The molecule has 2 N–H and O–H groups in total. The summed E-state index contributed by atoms with van der Waals surface area (Å²) < 4.78 is 59.5. The van der Waals surface area contributed by atoms with Crippen molar-refractivity contribution in [3.8, 4) is 11.5 Å². The number of halogens is 4. The van der Waals surface area contributed by atoms with E-state index in [0.29, 0.717) is 25.2 Å². The van der Waals surface area contributed by atoms with Gasteiger partial charge in [-0.3, -0.25) is 9.59 Å². The molecule has 2 amide bonds. The van der Waals surface area contributed by atoms with E-state index < -0.39 is 43.0 Å². The summed E-state index contributed by atoms with van der Waals surface area (Å²) in [7, 11) is 0. The van der Waals surface area contributed by atoms with Crippen molar-refractivity contribution in [1.82, 2.24) is 4.90 Å². The van der Waals surface area contributed by atoms with Gasteiger partial charge in [-0.15, -0.1) is 0 Å². The Balaban J connectivity index is 1.85. The van der Waals surface area contributed by atoms with Crippen LogP contribution in [0.15, 0.2) is 48.5 Å². The highest BCUT2D eigenvalue weighted by Crippen LogP contribution is 2.35. The van der Waals surface area contributed by atoms with Crippen LogP contribution in [0.1, 0.15) is 12.0 Å². The number of hydrogen-bond acceptors (Lipinski definition) is 5. The lowest BCUT2D eigenvalue weighted by molar-refractivity contribution is -0.137. The zero-order valence-electron chi connectivity index (χ0n) is 17.5. The average molecular weight is 469 g/mol. The van der Waals surface area contributed by atoms with Gasteiger partial charge in [0.15, 0.2) is 11.5 Å². The number of ether oxygens (including phenoxy) is 2. The van der Waals surface area contributed by atoms with Gasteiger partial charge < -0.3 is 25.0 Å². The second kappa shape index (κ2) is 10.9. The number of carbonyl (C=O) groups excluding carboxylic acids is 2. The van der Waals surface area contributed by atoms with Crippen LogP contribution < -0.4 is 20.1 Å². The van der Waals surface area contributed by atoms with Gasteiger partial charge in [-0.25, -0.2) is 0 Å². The molecule has 0 aromatic heterocycles. The lowest BCUT2D eigenvalue weighted by Crippen LogP contribution is -2.56. The first kappa shape index (κ1) is 24.1. The molecule has 3 rings (SSSR count). The molecule has 1 fully saturated rings. The number of hydrogen-bond donors (Lipinski definition) is 1. The molecule has 1 atom stereocenters. The fraction of sp³-hybridized carbons (Fsp3) is 0.364. The third kappa shape index (κ3) is 6.74. The van der Waals surface area contributed by atoms with Gasteiger partial charge >= 0.3 is 13.2 Å². The molecule has 33 heavy (non-hydrogen) atoms. The number of benzene rings is 2. The Bertz CT molecular complexity index is 962. The molecule has 0 saturated carbocycles. The number of nitrogens with zero attached hydrogens (tertiary/aromatic N) is 2. The minimum absolute atomic E-state index is 0.254. The van der Waals surface area contributed by atoms with E-state index in [1.165, 1.54) is 12.1 Å². The molecule has 0 unspecified atom stereocenters. The van der Waals surface area contributed by atoms with Gasteiger partial charge in [-0.2, -0.15) is 17.6 Å². The summed E-state index contributed by atoms with van der Waals surface area (Å²) in [6.07, 6.45) is 0.0616. The first-order valence-electron chi connectivity index (χ1n) is 10.1. The number of primary amides is 1. The Morgan fingerprint density at radius 3 is 2.27 bits per heavy atom. The second-order valence-electron chi connectivity index (χ2n) is 7.41. The van der Waals surface area contributed by atoms with Gasteiger partial charge in [-0.1, -0.05) is 30.3 Å². The second-order valence-corrected chi connectivity index (χ2v) is 7.41. The Labute approximate surface area is 187 Å². The van der Waals surface area contributed by atoms with Gasteiger partial charge in [0, 0.05) is 31.4 Å². The van der Waals surface area contributed by atoms with Crippen LogP contribution in [0.3, 0.4) is 0 Å². The molecule has 1 heterocycles. The minimum atomic E-state index is -3.23. The predicted octanol–water partition coefficient (Wildman–Crippen LogP) is 3.02. The molecule has 2 aromatic carbocycles. The molecule has 0 aliphatic carbocycles. The Morgan fingerprint density at radius 1 is 0.970 bits per heavy atom. The number of nitrogens with two attached hydrogens (primary N) is 1. The van der Waals surface area contributed by atoms with E-state index in [2.05, 4.69) is 9.47 Å². The third-order valence-corrected chi connectivity index (χ3v) is 5.17. The van der Waals surface area contributed by atoms with Crippen LogP contribution in [-0.4, -0.2) is 55.6 Å². The number of alkyl halides is 4. The summed E-state index contributed by atoms with van der Waals surface area (Å²) in [5, 5.41) is 0. The number of rotatable bonds is 9. The highest BCUT2D eigenvalue weighted by atomic mass is 19.3. The molecule has 178 valence electrons. The van der Waals surface area contributed by atoms with Gasteiger partial charge in [0.1, 0.15) is 6.42 Å². The third-order valence-electron chi connectivity index (χ3n) is 5.17. The van der Waals surface area contributed by atoms with Gasteiger partial charge in [0.25, 0.3) is 0 Å². The molecule has 1 aliphatic heterocycles. The summed E-state index contributed by atoms with van der Waals surface area (Å²) in [6, 6.07) is 12.8. The molecular formula is C22H23F4N3O4. The van der Waals surface area contributed by atoms with E-state index in [1.54, 1.807) is 4.90 Å². The van der Waals surface area contributed by atoms with Crippen LogP contribution in [0.2, 0.25) is 0 Å². The SMILES string of the molecule is NC(=O)CC(=O)N1CCN(c2ccc(OC(F)F)c(OC(F)F)c2)C[C@@H]1Cc1ccccc1. The maximum Gasteiger partial charge on any atom is 0.387 e. The van der Waals surface area contributed by atoms with Gasteiger partial charge in [0.05, 0.1) is 6.04 Å². The molecule has 0 bridgehead atoms. The monoisotopic (exact) mass is 469 g/mol. The maximum absolute atomic E-state index is 12.8. The Hall–Kier alpha value is -3.50. The Morgan fingerprint density at radius 2 is 1.64 bits per heavy atom. The minimum Gasteiger partial charge on any atom is -0.431 e. The first-order valence-corrected chi connectivity index (χ1v) is 10.1. The summed E-state index contributed by atoms with van der Waals surface area (Å²) in [6.45, 7) is -5.55. The molecule has 0 spiro atoms. The van der Waals surface area contributed by atoms with E-state index in [4.69, 9.17) is 5.73 Å². The normalized spacial score (nSPS) is 16.2. The molecule has 7 nitrogen and oxygen atoms in total. The van der Waals surface area contributed by atoms with Crippen LogP contribution in [-0.2, 0) is 16.0 Å². The first-order chi connectivity index (χ1) is 15.7. The fourth-order valence-corrected chi connectivity index (χ4v) is 3.80. The smallest absolute Gasteiger partial charge is 0.387 e. The quantitative estimate of drug-likeness (QED) is 0.451. The number of piperazine rings is 1. The van der Waals surface area contributed by atoms with Crippen molar-refractivity contribution >= 4 is 17.5 Å². The molecule has 2 aromatic rings. The lowest BCUT2D eigenvalue weighted by atomic mass is 10.0. The fourth-order valence-electron chi connectivity index (χ4n) is 3.80. The van der Waals surface area contributed by atoms with Crippen molar-refractivity contribution in [2.75, 3.05) is 24.5 Å². The van der Waals surface area contributed by atoms with Gasteiger partial charge in [0.2, 0.25) is 11.8 Å². The summed E-state index contributed by atoms with van der Waals surface area (Å²) in [5.74, 6) is -2.16. The largest absolute Gasteiger partial charge is 0.431 e. The summed E-state index contributed by atoms with van der Waals surface area (Å²) >= 11 is 0. The van der Waals surface area contributed by atoms with Gasteiger partial charge in [-0.05, 0) is 24.1 Å². The molecule has 0 radical (unpaired) electrons. The zero-order valence-corrected chi connectivity index (χ0v) is 17.5. The number of amides is 2. The number of carbonyl (C=O) groups is 2. The van der Waals surface area contributed by atoms with Crippen LogP contribution in [0.5, 0.6) is 11.5 Å². The highest BCUT2D eigenvalue weighted by Gasteiger charge is 2.31. The molecule has 1 saturated heterocycles. The standard InChI is InChI=1S/C22H23F4N3O4/c23-21(24)32-17-7-6-15(11-18(17)33-22(25)26)28-8-9-29(20(31)12-19(27)30)16(13-28)10-14-4-2-1-3-5-14/h1-7,11,16,21-22H,8-10,12-13H2,(H2,27,30)/t16-/m0/s1. The van der Waals surface area contributed by atoms with Crippen molar-refractivity contribution in [2.24, 2.45) is 5.73 Å². The highest BCUT2D eigenvalue weighted by molar-refractivity contribution is 5.96. The van der Waals surface area contributed by atoms with E-state index in [1.807, 2.05) is 35.2 Å². The van der Waals surface area contributed by atoms with Crippen molar-refractivity contribution in [2.45, 2.75) is 32.1 Å². The maximum atomic E-state index is 12.8. The van der Waals surface area contributed by atoms with E-state index in [-0.39, 0.29) is 12.6 Å². The summed E-state index contributed by atoms with van der Waals surface area (Å²) in [5.41, 5.74) is 6.58.